The Balaban J connectivity index is 1.66. The van der Waals surface area contributed by atoms with Crippen LogP contribution in [0.5, 0.6) is 0 Å². The molecule has 0 spiro atoms. The smallest absolute Gasteiger partial charge is 0.240 e. The van der Waals surface area contributed by atoms with Gasteiger partial charge < -0.3 is 9.73 Å². The van der Waals surface area contributed by atoms with Crippen molar-refractivity contribution in [1.29, 1.82) is 0 Å². The number of thiophene rings is 1. The van der Waals surface area contributed by atoms with Crippen LogP contribution < -0.4 is 5.32 Å². The molecule has 4 rings (SSSR count). The standard InChI is InChI=1S/C21H17FN2O3S2/c22-16-8-10-17(11-9-16)29(25,26)21-20(23-13-12-15-5-2-1-3-6-15)27-19(24-21)18-7-4-14-28-18/h1-11,14,23H,12-13H2. The summed E-state index contributed by atoms with van der Waals surface area (Å²) in [6, 6.07) is 18.1. The van der Waals surface area contributed by atoms with Crippen LogP contribution in [-0.4, -0.2) is 19.9 Å². The molecular weight excluding hydrogens is 411 g/mol. The predicted octanol–water partition coefficient (Wildman–Crippen LogP) is 5.03. The number of halogens is 1. The van der Waals surface area contributed by atoms with Gasteiger partial charge in [0.25, 0.3) is 0 Å². The van der Waals surface area contributed by atoms with E-state index in [1.807, 2.05) is 41.8 Å². The van der Waals surface area contributed by atoms with E-state index < -0.39 is 15.7 Å². The van der Waals surface area contributed by atoms with Gasteiger partial charge in [-0.3, -0.25) is 0 Å². The Kier molecular flexibility index (Phi) is 5.46. The maximum absolute atomic E-state index is 13.2. The molecular formula is C21H17FN2O3S2. The topological polar surface area (TPSA) is 72.2 Å². The molecule has 0 bridgehead atoms. The summed E-state index contributed by atoms with van der Waals surface area (Å²) in [5, 5.41) is 4.70. The van der Waals surface area contributed by atoms with Gasteiger partial charge >= 0.3 is 0 Å². The van der Waals surface area contributed by atoms with Crippen molar-refractivity contribution >= 4 is 27.1 Å². The van der Waals surface area contributed by atoms with Crippen molar-refractivity contribution in [3.63, 3.8) is 0 Å². The highest BCUT2D eigenvalue weighted by Crippen LogP contribution is 2.34. The summed E-state index contributed by atoms with van der Waals surface area (Å²) in [4.78, 5) is 4.92. The largest absolute Gasteiger partial charge is 0.418 e. The van der Waals surface area contributed by atoms with Gasteiger partial charge in [0.05, 0.1) is 9.77 Å². The first-order valence-corrected chi connectivity index (χ1v) is 11.2. The first-order valence-electron chi connectivity index (χ1n) is 8.87. The second-order valence-corrected chi connectivity index (χ2v) is 9.06. The van der Waals surface area contributed by atoms with Crippen LogP contribution in [0.4, 0.5) is 10.3 Å². The molecule has 4 aromatic rings. The first-order chi connectivity index (χ1) is 14.0. The molecule has 0 aliphatic carbocycles. The molecule has 0 atom stereocenters. The Morgan fingerprint density at radius 1 is 1.00 bits per heavy atom. The lowest BCUT2D eigenvalue weighted by atomic mass is 10.1. The van der Waals surface area contributed by atoms with E-state index in [4.69, 9.17) is 4.42 Å². The predicted molar refractivity (Wildman–Crippen MR) is 110 cm³/mol. The fraction of sp³-hybridized carbons (Fsp3) is 0.0952. The molecule has 5 nitrogen and oxygen atoms in total. The molecule has 0 amide bonds. The van der Waals surface area contributed by atoms with E-state index in [1.54, 1.807) is 6.07 Å². The van der Waals surface area contributed by atoms with E-state index in [-0.39, 0.29) is 21.7 Å². The summed E-state index contributed by atoms with van der Waals surface area (Å²) >= 11 is 1.40. The van der Waals surface area contributed by atoms with Gasteiger partial charge in [0, 0.05) is 6.54 Å². The Morgan fingerprint density at radius 3 is 2.45 bits per heavy atom. The number of benzene rings is 2. The van der Waals surface area contributed by atoms with Crippen LogP contribution in [0.2, 0.25) is 0 Å². The van der Waals surface area contributed by atoms with Gasteiger partial charge in [-0.2, -0.15) is 4.98 Å². The number of hydrogen-bond donors (Lipinski definition) is 1. The van der Waals surface area contributed by atoms with Crippen molar-refractivity contribution in [1.82, 2.24) is 4.98 Å². The van der Waals surface area contributed by atoms with E-state index in [0.29, 0.717) is 13.0 Å². The van der Waals surface area contributed by atoms with Gasteiger partial charge in [0.15, 0.2) is 0 Å². The third-order valence-electron chi connectivity index (χ3n) is 4.25. The third kappa shape index (κ3) is 4.23. The first kappa shape index (κ1) is 19.4. The molecule has 0 aliphatic rings. The van der Waals surface area contributed by atoms with E-state index in [0.717, 1.165) is 22.6 Å². The highest BCUT2D eigenvalue weighted by molar-refractivity contribution is 7.91. The summed E-state index contributed by atoms with van der Waals surface area (Å²) < 4.78 is 45.2. The maximum atomic E-state index is 13.2. The minimum atomic E-state index is -3.98. The summed E-state index contributed by atoms with van der Waals surface area (Å²) in [7, 11) is -3.98. The van der Waals surface area contributed by atoms with Crippen LogP contribution in [-0.2, 0) is 16.3 Å². The molecule has 0 unspecified atom stereocenters. The van der Waals surface area contributed by atoms with Crippen LogP contribution in [0.3, 0.4) is 0 Å². The van der Waals surface area contributed by atoms with Crippen LogP contribution in [0.1, 0.15) is 5.56 Å². The molecule has 2 heterocycles. The minimum Gasteiger partial charge on any atom is -0.418 e. The molecule has 0 saturated heterocycles. The van der Waals surface area contributed by atoms with Crippen molar-refractivity contribution in [2.45, 2.75) is 16.3 Å². The molecule has 0 saturated carbocycles. The monoisotopic (exact) mass is 428 g/mol. The molecule has 0 aliphatic heterocycles. The van der Waals surface area contributed by atoms with Gasteiger partial charge in [-0.1, -0.05) is 36.4 Å². The van der Waals surface area contributed by atoms with Crippen molar-refractivity contribution in [3.05, 3.63) is 83.5 Å². The molecule has 0 fully saturated rings. The van der Waals surface area contributed by atoms with Crippen molar-refractivity contribution in [2.75, 3.05) is 11.9 Å². The number of hydrogen-bond acceptors (Lipinski definition) is 6. The lowest BCUT2D eigenvalue weighted by molar-refractivity contribution is 0.577. The maximum Gasteiger partial charge on any atom is 0.240 e. The number of nitrogens with one attached hydrogen (secondary N) is 1. The molecule has 0 radical (unpaired) electrons. The average molecular weight is 429 g/mol. The van der Waals surface area contributed by atoms with Crippen molar-refractivity contribution in [2.24, 2.45) is 0 Å². The normalized spacial score (nSPS) is 11.5. The van der Waals surface area contributed by atoms with Gasteiger partial charge in [0.1, 0.15) is 5.82 Å². The quantitative estimate of drug-likeness (QED) is 0.418. The zero-order chi connectivity index (χ0) is 20.3. The summed E-state index contributed by atoms with van der Waals surface area (Å²) in [6.07, 6.45) is 0.686. The Morgan fingerprint density at radius 2 is 1.76 bits per heavy atom. The van der Waals surface area contributed by atoms with Crippen molar-refractivity contribution < 1.29 is 17.2 Å². The molecule has 148 valence electrons. The van der Waals surface area contributed by atoms with E-state index in [2.05, 4.69) is 10.3 Å². The lowest BCUT2D eigenvalue weighted by Crippen LogP contribution is -2.09. The second-order valence-electron chi connectivity index (χ2n) is 6.25. The number of anilines is 1. The SMILES string of the molecule is O=S(=O)(c1ccc(F)cc1)c1nc(-c2cccs2)oc1NCCc1ccccc1. The summed E-state index contributed by atoms with van der Waals surface area (Å²) in [5.74, 6) is -0.207. The highest BCUT2D eigenvalue weighted by Gasteiger charge is 2.28. The molecule has 8 heteroatoms. The van der Waals surface area contributed by atoms with Gasteiger partial charge in [-0.15, -0.1) is 11.3 Å². The summed E-state index contributed by atoms with van der Waals surface area (Å²) in [6.45, 7) is 0.467. The van der Waals surface area contributed by atoms with Crippen LogP contribution in [0.15, 0.2) is 86.4 Å². The number of rotatable bonds is 7. The third-order valence-corrected chi connectivity index (χ3v) is 6.78. The fourth-order valence-electron chi connectivity index (χ4n) is 2.80. The van der Waals surface area contributed by atoms with Gasteiger partial charge in [0.2, 0.25) is 26.6 Å². The van der Waals surface area contributed by atoms with E-state index >= 15 is 0 Å². The average Bonchev–Trinajstić information content (AvgIpc) is 3.39. The van der Waals surface area contributed by atoms with E-state index in [9.17, 15) is 12.8 Å². The number of sulfone groups is 1. The number of nitrogens with zero attached hydrogens (tertiary/aromatic N) is 1. The summed E-state index contributed by atoms with van der Waals surface area (Å²) in [5.41, 5.74) is 1.11. The fourth-order valence-corrected chi connectivity index (χ4v) is 4.72. The van der Waals surface area contributed by atoms with Gasteiger partial charge in [-0.25, -0.2) is 12.8 Å². The number of oxazole rings is 1. The number of aromatic nitrogens is 1. The Hall–Kier alpha value is -2.97. The van der Waals surface area contributed by atoms with Gasteiger partial charge in [-0.05, 0) is 47.7 Å². The Labute approximate surface area is 171 Å². The zero-order valence-corrected chi connectivity index (χ0v) is 16.8. The second kappa shape index (κ2) is 8.18. The van der Waals surface area contributed by atoms with E-state index in [1.165, 1.54) is 23.5 Å². The van der Waals surface area contributed by atoms with Crippen LogP contribution >= 0.6 is 11.3 Å². The molecule has 2 aromatic carbocycles. The molecule has 29 heavy (non-hydrogen) atoms. The van der Waals surface area contributed by atoms with Crippen LogP contribution in [0, 0.1) is 5.82 Å². The lowest BCUT2D eigenvalue weighted by Gasteiger charge is -2.06. The molecule has 1 N–H and O–H groups in total. The van der Waals surface area contributed by atoms with Crippen LogP contribution in [0.25, 0.3) is 10.8 Å². The highest BCUT2D eigenvalue weighted by atomic mass is 32.2. The molecule has 2 aromatic heterocycles. The Bertz CT molecular complexity index is 1190. The minimum absolute atomic E-state index is 0.0453. The zero-order valence-electron chi connectivity index (χ0n) is 15.2. The van der Waals surface area contributed by atoms with Crippen molar-refractivity contribution in [3.8, 4) is 10.8 Å².